The third-order valence-corrected chi connectivity index (χ3v) is 3.34. The maximum absolute atomic E-state index is 4.27. The third-order valence-electron chi connectivity index (χ3n) is 3.34. The van der Waals surface area contributed by atoms with Crippen molar-refractivity contribution in [3.63, 3.8) is 0 Å². The van der Waals surface area contributed by atoms with Gasteiger partial charge in [0.25, 0.3) is 0 Å². The van der Waals surface area contributed by atoms with Gasteiger partial charge in [0.2, 0.25) is 0 Å². The van der Waals surface area contributed by atoms with Crippen LogP contribution >= 0.6 is 0 Å². The predicted octanol–water partition coefficient (Wildman–Crippen LogP) is 2.86. The fourth-order valence-corrected chi connectivity index (χ4v) is 2.24. The van der Waals surface area contributed by atoms with Crippen LogP contribution < -0.4 is 5.32 Å². The normalized spacial score (nSPS) is 12.8. The van der Waals surface area contributed by atoms with Gasteiger partial charge in [-0.05, 0) is 30.4 Å². The van der Waals surface area contributed by atoms with E-state index in [1.807, 2.05) is 7.05 Å². The zero-order valence-electron chi connectivity index (χ0n) is 12.8. The molecule has 1 unspecified atom stereocenters. The number of benzene rings is 1. The SMILES string of the molecule is CC(C)Cc1ccc(C(C)NCc2ncn(C)n2)cc1. The van der Waals surface area contributed by atoms with Gasteiger partial charge >= 0.3 is 0 Å². The Morgan fingerprint density at radius 1 is 1.15 bits per heavy atom. The topological polar surface area (TPSA) is 42.7 Å². The summed E-state index contributed by atoms with van der Waals surface area (Å²) in [5, 5.41) is 7.72. The van der Waals surface area contributed by atoms with Crippen LogP contribution in [0.2, 0.25) is 0 Å². The maximum atomic E-state index is 4.27. The van der Waals surface area contributed by atoms with Crippen LogP contribution in [-0.4, -0.2) is 14.8 Å². The molecule has 0 amide bonds. The highest BCUT2D eigenvalue weighted by molar-refractivity contribution is 5.25. The minimum atomic E-state index is 0.298. The van der Waals surface area contributed by atoms with Crippen LogP contribution in [0.1, 0.15) is 43.8 Å². The van der Waals surface area contributed by atoms with Crippen molar-refractivity contribution in [3.05, 3.63) is 47.5 Å². The van der Waals surface area contributed by atoms with E-state index in [9.17, 15) is 0 Å². The Balaban J connectivity index is 1.90. The van der Waals surface area contributed by atoms with Crippen molar-refractivity contribution in [1.82, 2.24) is 20.1 Å². The van der Waals surface area contributed by atoms with Gasteiger partial charge in [-0.25, -0.2) is 4.98 Å². The van der Waals surface area contributed by atoms with Gasteiger partial charge in [0.05, 0.1) is 6.54 Å². The van der Waals surface area contributed by atoms with Crippen LogP contribution in [0.4, 0.5) is 0 Å². The summed E-state index contributed by atoms with van der Waals surface area (Å²) in [7, 11) is 1.88. The fourth-order valence-electron chi connectivity index (χ4n) is 2.24. The first-order valence-corrected chi connectivity index (χ1v) is 7.21. The zero-order chi connectivity index (χ0) is 14.5. The molecule has 2 rings (SSSR count). The Morgan fingerprint density at radius 2 is 1.85 bits per heavy atom. The van der Waals surface area contributed by atoms with Gasteiger partial charge in [0.15, 0.2) is 5.82 Å². The summed E-state index contributed by atoms with van der Waals surface area (Å²) in [4.78, 5) is 4.22. The summed E-state index contributed by atoms with van der Waals surface area (Å²) in [6, 6.07) is 9.17. The van der Waals surface area contributed by atoms with Crippen LogP contribution in [0.3, 0.4) is 0 Å². The molecule has 0 fully saturated rings. The lowest BCUT2D eigenvalue weighted by Crippen LogP contribution is -2.19. The Hall–Kier alpha value is -1.68. The van der Waals surface area contributed by atoms with Crippen molar-refractivity contribution in [2.75, 3.05) is 0 Å². The average Bonchev–Trinajstić information content (AvgIpc) is 2.82. The van der Waals surface area contributed by atoms with E-state index in [0.717, 1.165) is 12.2 Å². The lowest BCUT2D eigenvalue weighted by molar-refractivity contribution is 0.555. The molecule has 1 aromatic heterocycles. The number of aromatic nitrogens is 3. The lowest BCUT2D eigenvalue weighted by atomic mass is 10.00. The van der Waals surface area contributed by atoms with E-state index in [-0.39, 0.29) is 0 Å². The monoisotopic (exact) mass is 272 g/mol. The van der Waals surface area contributed by atoms with Crippen molar-refractivity contribution >= 4 is 0 Å². The zero-order valence-corrected chi connectivity index (χ0v) is 12.8. The van der Waals surface area contributed by atoms with Gasteiger partial charge in [0.1, 0.15) is 6.33 Å². The molecule has 0 saturated heterocycles. The molecule has 0 aliphatic carbocycles. The van der Waals surface area contributed by atoms with Gasteiger partial charge in [0, 0.05) is 13.1 Å². The van der Waals surface area contributed by atoms with Crippen molar-refractivity contribution in [1.29, 1.82) is 0 Å². The molecule has 0 aliphatic heterocycles. The molecule has 0 bridgehead atoms. The largest absolute Gasteiger partial charge is 0.303 e. The molecule has 1 heterocycles. The highest BCUT2D eigenvalue weighted by atomic mass is 15.3. The number of rotatable bonds is 6. The molecule has 4 heteroatoms. The van der Waals surface area contributed by atoms with Crippen molar-refractivity contribution in [3.8, 4) is 0 Å². The summed E-state index contributed by atoms with van der Waals surface area (Å²) in [6.07, 6.45) is 2.86. The number of hydrogen-bond donors (Lipinski definition) is 1. The Kier molecular flexibility index (Phi) is 4.90. The van der Waals surface area contributed by atoms with Gasteiger partial charge in [-0.15, -0.1) is 0 Å². The molecule has 1 N–H and O–H groups in total. The number of nitrogens with one attached hydrogen (secondary N) is 1. The van der Waals surface area contributed by atoms with Gasteiger partial charge < -0.3 is 5.32 Å². The first-order valence-electron chi connectivity index (χ1n) is 7.21. The molecule has 0 aliphatic rings. The Morgan fingerprint density at radius 3 is 2.40 bits per heavy atom. The van der Waals surface area contributed by atoms with E-state index >= 15 is 0 Å². The van der Waals surface area contributed by atoms with Crippen LogP contribution in [0.15, 0.2) is 30.6 Å². The van der Waals surface area contributed by atoms with E-state index < -0.39 is 0 Å². The Labute approximate surface area is 121 Å². The molecule has 4 nitrogen and oxygen atoms in total. The molecule has 0 spiro atoms. The molecule has 0 radical (unpaired) electrons. The van der Waals surface area contributed by atoms with E-state index in [2.05, 4.69) is 60.4 Å². The molecule has 1 aromatic carbocycles. The second kappa shape index (κ2) is 6.66. The highest BCUT2D eigenvalue weighted by Crippen LogP contribution is 2.15. The average molecular weight is 272 g/mol. The standard InChI is InChI=1S/C16H24N4/c1-12(2)9-14-5-7-15(8-6-14)13(3)17-10-16-18-11-20(4)19-16/h5-8,11-13,17H,9-10H2,1-4H3. The van der Waals surface area contributed by atoms with Crippen LogP contribution in [-0.2, 0) is 20.0 Å². The molecular formula is C16H24N4. The molecule has 0 saturated carbocycles. The second-order valence-electron chi connectivity index (χ2n) is 5.78. The van der Waals surface area contributed by atoms with E-state index in [1.54, 1.807) is 11.0 Å². The van der Waals surface area contributed by atoms with Gasteiger partial charge in [-0.1, -0.05) is 38.1 Å². The number of aryl methyl sites for hydroxylation is 1. The minimum Gasteiger partial charge on any atom is -0.303 e. The Bertz CT molecular complexity index is 528. The van der Waals surface area contributed by atoms with Gasteiger partial charge in [-0.2, -0.15) is 5.10 Å². The maximum Gasteiger partial charge on any atom is 0.164 e. The summed E-state index contributed by atoms with van der Waals surface area (Å²) in [5.74, 6) is 1.53. The van der Waals surface area contributed by atoms with Crippen molar-refractivity contribution < 1.29 is 0 Å². The number of hydrogen-bond acceptors (Lipinski definition) is 3. The quantitative estimate of drug-likeness (QED) is 0.879. The molecule has 2 aromatic rings. The van der Waals surface area contributed by atoms with Crippen LogP contribution in [0, 0.1) is 5.92 Å². The molecule has 108 valence electrons. The van der Waals surface area contributed by atoms with E-state index in [1.165, 1.54) is 11.1 Å². The smallest absolute Gasteiger partial charge is 0.164 e. The first kappa shape index (κ1) is 14.7. The van der Waals surface area contributed by atoms with E-state index in [4.69, 9.17) is 0 Å². The highest BCUT2D eigenvalue weighted by Gasteiger charge is 2.07. The third kappa shape index (κ3) is 4.17. The van der Waals surface area contributed by atoms with Crippen molar-refractivity contribution in [2.45, 2.75) is 39.8 Å². The minimum absolute atomic E-state index is 0.298. The summed E-state index contributed by atoms with van der Waals surface area (Å²) in [5.41, 5.74) is 2.70. The van der Waals surface area contributed by atoms with Gasteiger partial charge in [-0.3, -0.25) is 4.68 Å². The molecular weight excluding hydrogens is 248 g/mol. The summed E-state index contributed by atoms with van der Waals surface area (Å²) in [6.45, 7) is 7.35. The van der Waals surface area contributed by atoms with Crippen molar-refractivity contribution in [2.24, 2.45) is 13.0 Å². The van der Waals surface area contributed by atoms with Crippen LogP contribution in [0.5, 0.6) is 0 Å². The predicted molar refractivity (Wildman–Crippen MR) is 81.2 cm³/mol. The van der Waals surface area contributed by atoms with Crippen LogP contribution in [0.25, 0.3) is 0 Å². The summed E-state index contributed by atoms with van der Waals surface area (Å²) >= 11 is 0. The number of nitrogens with zero attached hydrogens (tertiary/aromatic N) is 3. The fraction of sp³-hybridized carbons (Fsp3) is 0.500. The second-order valence-corrected chi connectivity index (χ2v) is 5.78. The van der Waals surface area contributed by atoms with E-state index in [0.29, 0.717) is 18.5 Å². The lowest BCUT2D eigenvalue weighted by Gasteiger charge is -2.14. The first-order chi connectivity index (χ1) is 9.54. The molecule has 1 atom stereocenters. The summed E-state index contributed by atoms with van der Waals surface area (Å²) < 4.78 is 1.72. The molecule has 20 heavy (non-hydrogen) atoms.